The number of carbonyl (C=O) groups is 1. The van der Waals surface area contributed by atoms with E-state index in [-0.39, 0.29) is 18.0 Å². The molecule has 1 heterocycles. The van der Waals surface area contributed by atoms with E-state index in [4.69, 9.17) is 5.11 Å². The molecule has 0 radical (unpaired) electrons. The molecule has 1 rings (SSSR count). The zero-order valence-electron chi connectivity index (χ0n) is 7.97. The highest BCUT2D eigenvalue weighted by Crippen LogP contribution is 2.11. The van der Waals surface area contributed by atoms with Crippen LogP contribution in [0.4, 0.5) is 0 Å². The third-order valence-corrected chi connectivity index (χ3v) is 3.30. The molecular weight excluding hydrogens is 333 g/mol. The molecule has 0 saturated heterocycles. The van der Waals surface area contributed by atoms with Crippen LogP contribution in [0.15, 0.2) is 12.3 Å². The minimum atomic E-state index is -3.07. The van der Waals surface area contributed by atoms with Gasteiger partial charge < -0.3 is 9.67 Å². The van der Waals surface area contributed by atoms with Crippen molar-refractivity contribution < 1.29 is 18.3 Å². The van der Waals surface area contributed by atoms with E-state index in [9.17, 15) is 13.2 Å². The van der Waals surface area contributed by atoms with Crippen molar-refractivity contribution in [3.63, 3.8) is 0 Å². The first kappa shape index (κ1) is 12.5. The van der Waals surface area contributed by atoms with Gasteiger partial charge in [0.15, 0.2) is 0 Å². The van der Waals surface area contributed by atoms with Crippen LogP contribution in [0.5, 0.6) is 0 Å². The van der Waals surface area contributed by atoms with Gasteiger partial charge in [0.25, 0.3) is 0 Å². The average Bonchev–Trinajstić information content (AvgIpc) is 2.42. The first-order valence-electron chi connectivity index (χ1n) is 4.06. The van der Waals surface area contributed by atoms with Crippen LogP contribution in [0, 0.1) is 3.57 Å². The van der Waals surface area contributed by atoms with E-state index in [1.807, 2.05) is 22.6 Å². The summed E-state index contributed by atoms with van der Waals surface area (Å²) in [6, 6.07) is 1.51. The van der Waals surface area contributed by atoms with Crippen LogP contribution in [0.3, 0.4) is 0 Å². The molecule has 0 aromatic carbocycles. The molecule has 1 aromatic heterocycles. The number of hydrogen-bond acceptors (Lipinski definition) is 3. The van der Waals surface area contributed by atoms with Gasteiger partial charge in [0.2, 0.25) is 0 Å². The maximum absolute atomic E-state index is 10.9. The number of aromatic nitrogens is 1. The van der Waals surface area contributed by atoms with E-state index < -0.39 is 15.8 Å². The number of halogens is 1. The fourth-order valence-corrected chi connectivity index (χ4v) is 2.26. The predicted molar refractivity (Wildman–Crippen MR) is 63.8 cm³/mol. The Kier molecular flexibility index (Phi) is 3.77. The lowest BCUT2D eigenvalue weighted by Crippen LogP contribution is -2.14. The van der Waals surface area contributed by atoms with Gasteiger partial charge >= 0.3 is 5.97 Å². The standard InChI is InChI=1S/C8H10INO4S/c1-15(13,14)3-2-10-5-6(9)4-7(10)8(11)12/h4-5H,2-3H2,1H3,(H,11,12). The molecule has 0 aliphatic carbocycles. The molecule has 1 N–H and O–H groups in total. The molecule has 5 nitrogen and oxygen atoms in total. The van der Waals surface area contributed by atoms with Gasteiger partial charge in [-0.2, -0.15) is 0 Å². The summed E-state index contributed by atoms with van der Waals surface area (Å²) < 4.78 is 24.1. The van der Waals surface area contributed by atoms with E-state index in [1.165, 1.54) is 10.6 Å². The van der Waals surface area contributed by atoms with Gasteiger partial charge in [-0.1, -0.05) is 0 Å². The molecule has 0 amide bonds. The summed E-state index contributed by atoms with van der Waals surface area (Å²) in [6.07, 6.45) is 2.75. The number of hydrogen-bond donors (Lipinski definition) is 1. The molecule has 7 heteroatoms. The first-order chi connectivity index (χ1) is 6.79. The Morgan fingerprint density at radius 1 is 1.60 bits per heavy atom. The van der Waals surface area contributed by atoms with Crippen molar-refractivity contribution in [2.45, 2.75) is 6.54 Å². The van der Waals surface area contributed by atoms with Crippen molar-refractivity contribution in [1.29, 1.82) is 0 Å². The second-order valence-corrected chi connectivity index (χ2v) is 6.68. The largest absolute Gasteiger partial charge is 0.477 e. The molecule has 0 atom stereocenters. The average molecular weight is 343 g/mol. The molecular formula is C8H10INO4S. The van der Waals surface area contributed by atoms with E-state index in [0.29, 0.717) is 0 Å². The lowest BCUT2D eigenvalue weighted by Gasteiger charge is -2.04. The molecule has 0 unspecified atom stereocenters. The number of aryl methyl sites for hydroxylation is 1. The zero-order chi connectivity index (χ0) is 11.6. The van der Waals surface area contributed by atoms with E-state index in [0.717, 1.165) is 9.83 Å². The summed E-state index contributed by atoms with van der Waals surface area (Å²) in [6.45, 7) is 0.170. The Hall–Kier alpha value is -0.570. The number of aromatic carboxylic acids is 1. The van der Waals surface area contributed by atoms with Crippen LogP contribution in [0.25, 0.3) is 0 Å². The second kappa shape index (κ2) is 4.52. The Labute approximate surface area is 101 Å². The van der Waals surface area contributed by atoms with Crippen LogP contribution in [0.2, 0.25) is 0 Å². The third kappa shape index (κ3) is 3.82. The summed E-state index contributed by atoms with van der Waals surface area (Å²) in [5.74, 6) is -1.11. The van der Waals surface area contributed by atoms with Crippen molar-refractivity contribution in [1.82, 2.24) is 4.57 Å². The van der Waals surface area contributed by atoms with Gasteiger partial charge in [-0.3, -0.25) is 0 Å². The zero-order valence-corrected chi connectivity index (χ0v) is 10.9. The van der Waals surface area contributed by atoms with E-state index in [2.05, 4.69) is 0 Å². The van der Waals surface area contributed by atoms with Crippen LogP contribution in [0.1, 0.15) is 10.5 Å². The van der Waals surface area contributed by atoms with Crippen LogP contribution < -0.4 is 0 Å². The topological polar surface area (TPSA) is 76.4 Å². The van der Waals surface area contributed by atoms with Gasteiger partial charge in [-0.05, 0) is 28.7 Å². The summed E-state index contributed by atoms with van der Waals surface area (Å²) in [5, 5.41) is 8.83. The van der Waals surface area contributed by atoms with Gasteiger partial charge in [0.1, 0.15) is 15.5 Å². The molecule has 1 aromatic rings. The predicted octanol–water partition coefficient (Wildman–Crippen LogP) is 0.835. The second-order valence-electron chi connectivity index (χ2n) is 3.17. The summed E-state index contributed by atoms with van der Waals surface area (Å²) in [7, 11) is -3.07. The van der Waals surface area contributed by atoms with Crippen LogP contribution >= 0.6 is 22.6 Å². The lowest BCUT2D eigenvalue weighted by molar-refractivity contribution is 0.0685. The Balaban J connectivity index is 2.90. The number of sulfone groups is 1. The maximum Gasteiger partial charge on any atom is 0.352 e. The number of carboxylic acids is 1. The number of rotatable bonds is 4. The minimum absolute atomic E-state index is 0.0575. The lowest BCUT2D eigenvalue weighted by atomic mass is 10.4. The Morgan fingerprint density at radius 3 is 2.67 bits per heavy atom. The quantitative estimate of drug-likeness (QED) is 0.822. The molecule has 0 aliphatic heterocycles. The van der Waals surface area contributed by atoms with Crippen molar-refractivity contribution in [3.05, 3.63) is 21.5 Å². The fraction of sp³-hybridized carbons (Fsp3) is 0.375. The van der Waals surface area contributed by atoms with Crippen LogP contribution in [-0.4, -0.2) is 36.1 Å². The molecule has 0 saturated carbocycles. The van der Waals surface area contributed by atoms with Gasteiger partial charge in [0.05, 0.1) is 5.75 Å². The highest BCUT2D eigenvalue weighted by atomic mass is 127. The van der Waals surface area contributed by atoms with Crippen molar-refractivity contribution in [2.24, 2.45) is 0 Å². The summed E-state index contributed by atoms with van der Waals surface area (Å²) in [4.78, 5) is 10.8. The highest BCUT2D eigenvalue weighted by molar-refractivity contribution is 14.1. The van der Waals surface area contributed by atoms with E-state index >= 15 is 0 Å². The molecule has 15 heavy (non-hydrogen) atoms. The van der Waals surface area contributed by atoms with Gasteiger partial charge in [-0.25, -0.2) is 13.2 Å². The minimum Gasteiger partial charge on any atom is -0.477 e. The molecule has 0 spiro atoms. The van der Waals surface area contributed by atoms with Crippen molar-refractivity contribution in [2.75, 3.05) is 12.0 Å². The Bertz CT molecular complexity index is 477. The van der Waals surface area contributed by atoms with Gasteiger partial charge in [0, 0.05) is 22.6 Å². The van der Waals surface area contributed by atoms with E-state index in [1.54, 1.807) is 6.20 Å². The smallest absolute Gasteiger partial charge is 0.352 e. The van der Waals surface area contributed by atoms with Crippen LogP contribution in [-0.2, 0) is 16.4 Å². The normalized spacial score (nSPS) is 11.6. The SMILES string of the molecule is CS(=O)(=O)CCn1cc(I)cc1C(=O)O. The summed E-state index contributed by atoms with van der Waals surface area (Å²) in [5.41, 5.74) is 0.114. The first-order valence-corrected chi connectivity index (χ1v) is 7.20. The third-order valence-electron chi connectivity index (χ3n) is 1.79. The molecule has 84 valence electrons. The summed E-state index contributed by atoms with van der Waals surface area (Å²) >= 11 is 1.99. The number of carboxylic acid groups (broad SMARTS) is 1. The fourth-order valence-electron chi connectivity index (χ4n) is 1.10. The number of nitrogens with zero attached hydrogens (tertiary/aromatic N) is 1. The van der Waals surface area contributed by atoms with Gasteiger partial charge in [-0.15, -0.1) is 0 Å². The highest BCUT2D eigenvalue weighted by Gasteiger charge is 2.12. The molecule has 0 bridgehead atoms. The molecule has 0 aliphatic rings. The Morgan fingerprint density at radius 2 is 2.20 bits per heavy atom. The maximum atomic E-state index is 10.9. The van der Waals surface area contributed by atoms with Crippen molar-refractivity contribution in [3.8, 4) is 0 Å². The monoisotopic (exact) mass is 343 g/mol. The van der Waals surface area contributed by atoms with Crippen molar-refractivity contribution >= 4 is 38.4 Å². The molecule has 0 fully saturated rings.